The van der Waals surface area contributed by atoms with E-state index in [2.05, 4.69) is 0 Å². The van der Waals surface area contributed by atoms with Crippen molar-refractivity contribution in [1.82, 2.24) is 4.90 Å². The van der Waals surface area contributed by atoms with E-state index < -0.39 is 5.60 Å². The van der Waals surface area contributed by atoms with Crippen LogP contribution in [0.1, 0.15) is 65.7 Å². The fourth-order valence-electron chi connectivity index (χ4n) is 3.52. The Balaban J connectivity index is 1.99. The Morgan fingerprint density at radius 2 is 1.75 bits per heavy atom. The van der Waals surface area contributed by atoms with Crippen LogP contribution in [0.5, 0.6) is 0 Å². The van der Waals surface area contributed by atoms with Crippen molar-refractivity contribution in [2.75, 3.05) is 6.54 Å². The van der Waals surface area contributed by atoms with E-state index in [1.807, 2.05) is 25.7 Å². The number of nitrogens with two attached hydrogens (primary N) is 1. The van der Waals surface area contributed by atoms with Crippen LogP contribution in [0.2, 0.25) is 0 Å². The Labute approximate surface area is 123 Å². The number of piperidine rings is 1. The average Bonchev–Trinajstić information content (AvgIpc) is 2.38. The third-order valence-corrected chi connectivity index (χ3v) is 4.54. The molecule has 1 saturated heterocycles. The molecule has 0 bridgehead atoms. The summed E-state index contributed by atoms with van der Waals surface area (Å²) in [5, 5.41) is 0. The highest BCUT2D eigenvalue weighted by molar-refractivity contribution is 5.68. The lowest BCUT2D eigenvalue weighted by atomic mass is 9.78. The standard InChI is InChI=1S/C16H30N2O2/c1-16(2,3)20-15(19)18-11-5-4-6-14(18)12-7-9-13(17)10-8-12/h12-14H,4-11,17H2,1-3H3/t12?,13?,14-/m1/s1. The average molecular weight is 282 g/mol. The summed E-state index contributed by atoms with van der Waals surface area (Å²) in [7, 11) is 0. The van der Waals surface area contributed by atoms with Crippen molar-refractivity contribution >= 4 is 6.09 Å². The van der Waals surface area contributed by atoms with Gasteiger partial charge in [-0.05, 0) is 71.6 Å². The molecule has 2 fully saturated rings. The van der Waals surface area contributed by atoms with Crippen molar-refractivity contribution in [3.63, 3.8) is 0 Å². The molecule has 1 atom stereocenters. The van der Waals surface area contributed by atoms with Crippen LogP contribution in [-0.2, 0) is 4.74 Å². The molecule has 0 aromatic heterocycles. The first-order valence-electron chi connectivity index (χ1n) is 8.12. The molecule has 2 N–H and O–H groups in total. The van der Waals surface area contributed by atoms with Crippen LogP contribution in [0.4, 0.5) is 4.79 Å². The summed E-state index contributed by atoms with van der Waals surface area (Å²) in [6.45, 7) is 6.65. The zero-order chi connectivity index (χ0) is 14.8. The van der Waals surface area contributed by atoms with Gasteiger partial charge in [0.05, 0.1) is 0 Å². The van der Waals surface area contributed by atoms with Crippen LogP contribution in [0.25, 0.3) is 0 Å². The second-order valence-corrected chi connectivity index (χ2v) is 7.41. The zero-order valence-corrected chi connectivity index (χ0v) is 13.2. The number of rotatable bonds is 1. The van der Waals surface area contributed by atoms with Gasteiger partial charge in [0, 0.05) is 18.6 Å². The number of carbonyl (C=O) groups is 1. The Morgan fingerprint density at radius 3 is 2.35 bits per heavy atom. The maximum absolute atomic E-state index is 12.4. The van der Waals surface area contributed by atoms with E-state index in [4.69, 9.17) is 10.5 Å². The number of nitrogens with zero attached hydrogens (tertiary/aromatic N) is 1. The molecule has 1 amide bonds. The molecule has 4 nitrogen and oxygen atoms in total. The molecular weight excluding hydrogens is 252 g/mol. The first kappa shape index (κ1) is 15.6. The van der Waals surface area contributed by atoms with Gasteiger partial charge in [-0.1, -0.05) is 0 Å². The minimum atomic E-state index is -0.409. The summed E-state index contributed by atoms with van der Waals surface area (Å²) in [6, 6.07) is 0.732. The van der Waals surface area contributed by atoms with Gasteiger partial charge in [0.25, 0.3) is 0 Å². The van der Waals surface area contributed by atoms with Gasteiger partial charge in [0.1, 0.15) is 5.60 Å². The van der Waals surface area contributed by atoms with Crippen molar-refractivity contribution in [3.05, 3.63) is 0 Å². The summed E-state index contributed by atoms with van der Waals surface area (Å²) in [4.78, 5) is 14.4. The number of hydrogen-bond acceptors (Lipinski definition) is 3. The lowest BCUT2D eigenvalue weighted by molar-refractivity contribution is -0.00201. The van der Waals surface area contributed by atoms with Crippen LogP contribution in [0, 0.1) is 5.92 Å². The third kappa shape index (κ3) is 4.11. The fourth-order valence-corrected chi connectivity index (χ4v) is 3.52. The number of ether oxygens (including phenoxy) is 1. The third-order valence-electron chi connectivity index (χ3n) is 4.54. The van der Waals surface area contributed by atoms with Crippen molar-refractivity contribution in [3.8, 4) is 0 Å². The molecule has 0 radical (unpaired) electrons. The molecule has 0 aromatic carbocycles. The summed E-state index contributed by atoms with van der Waals surface area (Å²) < 4.78 is 5.58. The smallest absolute Gasteiger partial charge is 0.410 e. The molecule has 2 rings (SSSR count). The maximum atomic E-state index is 12.4. The van der Waals surface area contributed by atoms with Crippen LogP contribution in [-0.4, -0.2) is 35.2 Å². The van der Waals surface area contributed by atoms with Crippen molar-refractivity contribution in [2.24, 2.45) is 11.7 Å². The first-order chi connectivity index (χ1) is 9.37. The highest BCUT2D eigenvalue weighted by Crippen LogP contribution is 2.34. The number of amides is 1. The van der Waals surface area contributed by atoms with E-state index in [0.717, 1.165) is 45.1 Å². The molecule has 1 aliphatic carbocycles. The lowest BCUT2D eigenvalue weighted by Gasteiger charge is -2.42. The van der Waals surface area contributed by atoms with E-state index in [9.17, 15) is 4.79 Å². The largest absolute Gasteiger partial charge is 0.444 e. The minimum Gasteiger partial charge on any atom is -0.444 e. The van der Waals surface area contributed by atoms with E-state index >= 15 is 0 Å². The monoisotopic (exact) mass is 282 g/mol. The fraction of sp³-hybridized carbons (Fsp3) is 0.938. The molecule has 0 unspecified atom stereocenters. The van der Waals surface area contributed by atoms with Gasteiger partial charge in [0.2, 0.25) is 0 Å². The van der Waals surface area contributed by atoms with Crippen LogP contribution in [0.15, 0.2) is 0 Å². The predicted octanol–water partition coefficient (Wildman–Crippen LogP) is 3.29. The molecule has 1 saturated carbocycles. The molecule has 116 valence electrons. The Bertz CT molecular complexity index is 330. The molecule has 20 heavy (non-hydrogen) atoms. The molecule has 2 aliphatic rings. The number of likely N-dealkylation sites (tertiary alicyclic amines) is 1. The molecule has 4 heteroatoms. The second kappa shape index (κ2) is 6.33. The first-order valence-corrected chi connectivity index (χ1v) is 8.12. The lowest BCUT2D eigenvalue weighted by Crippen LogP contribution is -2.50. The van der Waals surface area contributed by atoms with E-state index in [1.54, 1.807) is 0 Å². The molecular formula is C16H30N2O2. The topological polar surface area (TPSA) is 55.6 Å². The van der Waals surface area contributed by atoms with Crippen LogP contribution < -0.4 is 5.73 Å². The van der Waals surface area contributed by atoms with Gasteiger partial charge in [-0.2, -0.15) is 0 Å². The van der Waals surface area contributed by atoms with E-state index in [0.29, 0.717) is 18.0 Å². The molecule has 0 aromatic rings. The van der Waals surface area contributed by atoms with Gasteiger partial charge >= 0.3 is 6.09 Å². The van der Waals surface area contributed by atoms with Crippen molar-refractivity contribution in [2.45, 2.75) is 83.4 Å². The maximum Gasteiger partial charge on any atom is 0.410 e. The van der Waals surface area contributed by atoms with Gasteiger partial charge in [0.15, 0.2) is 0 Å². The SMILES string of the molecule is CC(C)(C)OC(=O)N1CCCC[C@@H]1C1CCC(N)CC1. The van der Waals surface area contributed by atoms with E-state index in [1.165, 1.54) is 6.42 Å². The summed E-state index contributed by atoms with van der Waals surface area (Å²) in [6.07, 6.45) is 7.84. The normalized spacial score (nSPS) is 32.0. The highest BCUT2D eigenvalue weighted by atomic mass is 16.6. The summed E-state index contributed by atoms with van der Waals surface area (Å²) in [5.74, 6) is 0.614. The van der Waals surface area contributed by atoms with Crippen molar-refractivity contribution in [1.29, 1.82) is 0 Å². The predicted molar refractivity (Wildman–Crippen MR) is 80.5 cm³/mol. The zero-order valence-electron chi connectivity index (χ0n) is 13.2. The number of carbonyl (C=O) groups excluding carboxylic acids is 1. The van der Waals surface area contributed by atoms with Gasteiger partial charge < -0.3 is 15.4 Å². The van der Waals surface area contributed by atoms with Crippen molar-refractivity contribution < 1.29 is 9.53 Å². The molecule has 0 spiro atoms. The quantitative estimate of drug-likeness (QED) is 0.803. The van der Waals surface area contributed by atoms with Crippen LogP contribution >= 0.6 is 0 Å². The van der Waals surface area contributed by atoms with Gasteiger partial charge in [-0.25, -0.2) is 4.79 Å². The van der Waals surface area contributed by atoms with Crippen LogP contribution in [0.3, 0.4) is 0 Å². The Hall–Kier alpha value is -0.770. The van der Waals surface area contributed by atoms with E-state index in [-0.39, 0.29) is 6.09 Å². The second-order valence-electron chi connectivity index (χ2n) is 7.41. The summed E-state index contributed by atoms with van der Waals surface area (Å²) >= 11 is 0. The summed E-state index contributed by atoms with van der Waals surface area (Å²) in [5.41, 5.74) is 5.59. The minimum absolute atomic E-state index is 0.128. The Morgan fingerprint density at radius 1 is 1.10 bits per heavy atom. The van der Waals surface area contributed by atoms with Gasteiger partial charge in [-0.15, -0.1) is 0 Å². The Kier molecular flexibility index (Phi) is 4.95. The molecule has 1 aliphatic heterocycles. The molecule has 1 heterocycles. The highest BCUT2D eigenvalue weighted by Gasteiger charge is 2.36. The van der Waals surface area contributed by atoms with Gasteiger partial charge in [-0.3, -0.25) is 0 Å². The number of hydrogen-bond donors (Lipinski definition) is 1.